The van der Waals surface area contributed by atoms with Gasteiger partial charge < -0.3 is 4.74 Å². The van der Waals surface area contributed by atoms with Gasteiger partial charge in [0.05, 0.1) is 11.5 Å². The number of hydrogen-bond donors (Lipinski definition) is 0. The molecule has 0 N–H and O–H groups in total. The highest BCUT2D eigenvalue weighted by Crippen LogP contribution is 2.32. The zero-order valence-corrected chi connectivity index (χ0v) is 14.1. The molecule has 0 aromatic heterocycles. The van der Waals surface area contributed by atoms with Gasteiger partial charge in [0, 0.05) is 13.0 Å². The molecule has 0 radical (unpaired) electrons. The highest BCUT2D eigenvalue weighted by molar-refractivity contribution is 8.18. The van der Waals surface area contributed by atoms with Crippen LogP contribution in [0.5, 0.6) is 0 Å². The summed E-state index contributed by atoms with van der Waals surface area (Å²) in [4.78, 5) is 36.9. The van der Waals surface area contributed by atoms with Gasteiger partial charge in [-0.05, 0) is 55.3 Å². The number of thioether (sulfide) groups is 1. The molecule has 0 atom stereocenters. The van der Waals surface area contributed by atoms with Crippen LogP contribution in [0.3, 0.4) is 0 Å². The van der Waals surface area contributed by atoms with E-state index in [1.165, 1.54) is 17.0 Å². The summed E-state index contributed by atoms with van der Waals surface area (Å²) in [6.07, 6.45) is 2.94. The number of ether oxygens (including phenoxy) is 1. The lowest BCUT2D eigenvalue weighted by Crippen LogP contribution is -2.29. The fraction of sp³-hybridized carbons (Fsp3) is 0.353. The van der Waals surface area contributed by atoms with Gasteiger partial charge in [-0.15, -0.1) is 0 Å². The van der Waals surface area contributed by atoms with Gasteiger partial charge in [-0.2, -0.15) is 0 Å². The minimum Gasteiger partial charge on any atom is -0.466 e. The van der Waals surface area contributed by atoms with E-state index in [1.807, 2.05) is 0 Å². The SMILES string of the molecule is CCOC(=O)CCCCN1C(=O)S/C(=C\c2ccc(F)cc2)C1=O. The van der Waals surface area contributed by atoms with Gasteiger partial charge >= 0.3 is 5.97 Å². The molecule has 1 aliphatic rings. The topological polar surface area (TPSA) is 63.7 Å². The third-order valence-corrected chi connectivity index (χ3v) is 4.27. The molecule has 2 rings (SSSR count). The van der Waals surface area contributed by atoms with E-state index in [4.69, 9.17) is 4.74 Å². The zero-order chi connectivity index (χ0) is 17.5. The molecular weight excluding hydrogens is 333 g/mol. The molecule has 1 saturated heterocycles. The van der Waals surface area contributed by atoms with Crippen LogP contribution >= 0.6 is 11.8 Å². The quantitative estimate of drug-likeness (QED) is 0.427. The number of carbonyl (C=O) groups excluding carboxylic acids is 3. The molecule has 1 aromatic carbocycles. The molecule has 0 unspecified atom stereocenters. The van der Waals surface area contributed by atoms with Crippen LogP contribution in [0.4, 0.5) is 9.18 Å². The first-order valence-electron chi connectivity index (χ1n) is 7.68. The van der Waals surface area contributed by atoms with Crippen LogP contribution in [0.2, 0.25) is 0 Å². The number of benzene rings is 1. The number of carbonyl (C=O) groups is 3. The Bertz CT molecular complexity index is 657. The molecule has 0 bridgehead atoms. The number of rotatable bonds is 7. The highest BCUT2D eigenvalue weighted by atomic mass is 32.2. The molecule has 2 amide bonds. The van der Waals surface area contributed by atoms with Gasteiger partial charge in [0.2, 0.25) is 0 Å². The van der Waals surface area contributed by atoms with Gasteiger partial charge in [-0.25, -0.2) is 4.39 Å². The Morgan fingerprint density at radius 1 is 1.25 bits per heavy atom. The van der Waals surface area contributed by atoms with E-state index in [9.17, 15) is 18.8 Å². The van der Waals surface area contributed by atoms with Crippen molar-refractivity contribution in [2.45, 2.75) is 26.2 Å². The summed E-state index contributed by atoms with van der Waals surface area (Å²) < 4.78 is 17.7. The van der Waals surface area contributed by atoms with Gasteiger partial charge in [0.15, 0.2) is 0 Å². The van der Waals surface area contributed by atoms with E-state index in [2.05, 4.69) is 0 Å². The molecule has 1 fully saturated rings. The van der Waals surface area contributed by atoms with E-state index < -0.39 is 0 Å². The van der Waals surface area contributed by atoms with Crippen molar-refractivity contribution in [3.8, 4) is 0 Å². The van der Waals surface area contributed by atoms with E-state index in [-0.39, 0.29) is 35.9 Å². The predicted octanol–water partition coefficient (Wildman–Crippen LogP) is 3.60. The maximum absolute atomic E-state index is 12.9. The van der Waals surface area contributed by atoms with Crippen LogP contribution in [-0.4, -0.2) is 35.2 Å². The Morgan fingerprint density at radius 2 is 1.96 bits per heavy atom. The normalized spacial score (nSPS) is 16.1. The monoisotopic (exact) mass is 351 g/mol. The number of unbranched alkanes of at least 4 members (excludes halogenated alkanes) is 1. The molecule has 5 nitrogen and oxygen atoms in total. The molecule has 24 heavy (non-hydrogen) atoms. The summed E-state index contributed by atoms with van der Waals surface area (Å²) in [5, 5.41) is -0.329. The summed E-state index contributed by atoms with van der Waals surface area (Å²) >= 11 is 0.866. The lowest BCUT2D eigenvalue weighted by molar-refractivity contribution is -0.143. The average molecular weight is 351 g/mol. The van der Waals surface area contributed by atoms with E-state index in [1.54, 1.807) is 25.1 Å². The Kier molecular flexibility index (Phi) is 6.54. The third-order valence-electron chi connectivity index (χ3n) is 3.36. The van der Waals surface area contributed by atoms with Crippen LogP contribution in [0.1, 0.15) is 31.7 Å². The fourth-order valence-corrected chi connectivity index (χ4v) is 3.04. The number of esters is 1. The van der Waals surface area contributed by atoms with E-state index in [0.29, 0.717) is 29.9 Å². The van der Waals surface area contributed by atoms with Crippen molar-refractivity contribution < 1.29 is 23.5 Å². The maximum Gasteiger partial charge on any atom is 0.305 e. The van der Waals surface area contributed by atoms with Gasteiger partial charge in [-0.3, -0.25) is 19.3 Å². The van der Waals surface area contributed by atoms with Crippen molar-refractivity contribution in [2.75, 3.05) is 13.2 Å². The largest absolute Gasteiger partial charge is 0.466 e. The number of imide groups is 1. The van der Waals surface area contributed by atoms with Crippen LogP contribution in [-0.2, 0) is 14.3 Å². The summed E-state index contributed by atoms with van der Waals surface area (Å²) in [7, 11) is 0. The van der Waals surface area contributed by atoms with Crippen molar-refractivity contribution >= 4 is 35.0 Å². The average Bonchev–Trinajstić information content (AvgIpc) is 2.81. The number of nitrogens with zero attached hydrogens (tertiary/aromatic N) is 1. The minimum atomic E-state index is -0.359. The molecule has 7 heteroatoms. The van der Waals surface area contributed by atoms with E-state index in [0.717, 1.165) is 11.8 Å². The Labute approximate surface area is 143 Å². The Balaban J connectivity index is 1.89. The lowest BCUT2D eigenvalue weighted by atomic mass is 10.2. The van der Waals surface area contributed by atoms with Crippen LogP contribution < -0.4 is 0 Å². The second-order valence-corrected chi connectivity index (χ2v) is 6.14. The van der Waals surface area contributed by atoms with Crippen molar-refractivity contribution in [3.05, 3.63) is 40.6 Å². The van der Waals surface area contributed by atoms with Crippen LogP contribution in [0, 0.1) is 5.82 Å². The van der Waals surface area contributed by atoms with Crippen molar-refractivity contribution in [1.29, 1.82) is 0 Å². The van der Waals surface area contributed by atoms with Gasteiger partial charge in [0.1, 0.15) is 5.82 Å². The summed E-state index contributed by atoms with van der Waals surface area (Å²) in [5.74, 6) is -0.991. The summed E-state index contributed by atoms with van der Waals surface area (Å²) in [5.41, 5.74) is 0.657. The second-order valence-electron chi connectivity index (χ2n) is 5.15. The maximum atomic E-state index is 12.9. The number of amides is 2. The van der Waals surface area contributed by atoms with Crippen LogP contribution in [0.15, 0.2) is 29.2 Å². The Hall–Kier alpha value is -2.15. The molecule has 0 aliphatic carbocycles. The second kappa shape index (κ2) is 8.63. The number of halogens is 1. The first kappa shape index (κ1) is 18.2. The minimum absolute atomic E-state index is 0.269. The Morgan fingerprint density at radius 3 is 2.62 bits per heavy atom. The summed E-state index contributed by atoms with van der Waals surface area (Å²) in [6.45, 7) is 2.35. The molecule has 0 spiro atoms. The molecule has 1 aromatic rings. The van der Waals surface area contributed by atoms with Crippen LogP contribution in [0.25, 0.3) is 6.08 Å². The fourth-order valence-electron chi connectivity index (χ4n) is 2.18. The first-order valence-corrected chi connectivity index (χ1v) is 8.49. The van der Waals surface area contributed by atoms with Gasteiger partial charge in [-0.1, -0.05) is 12.1 Å². The molecule has 1 aliphatic heterocycles. The summed E-state index contributed by atoms with van der Waals surface area (Å²) in [6, 6.07) is 5.68. The highest BCUT2D eigenvalue weighted by Gasteiger charge is 2.34. The smallest absolute Gasteiger partial charge is 0.305 e. The lowest BCUT2D eigenvalue weighted by Gasteiger charge is -2.11. The van der Waals surface area contributed by atoms with Crippen molar-refractivity contribution in [1.82, 2.24) is 4.90 Å². The molecule has 1 heterocycles. The molecule has 128 valence electrons. The van der Waals surface area contributed by atoms with E-state index >= 15 is 0 Å². The first-order chi connectivity index (χ1) is 11.5. The zero-order valence-electron chi connectivity index (χ0n) is 13.3. The van der Waals surface area contributed by atoms with Crippen molar-refractivity contribution in [2.24, 2.45) is 0 Å². The standard InChI is InChI=1S/C17H18FNO4S/c1-2-23-15(20)5-3-4-10-19-16(21)14(24-17(19)22)11-12-6-8-13(18)9-7-12/h6-9,11H,2-5,10H2,1H3/b14-11-. The third kappa shape index (κ3) is 4.92. The molecule has 0 saturated carbocycles. The molecular formula is C17H18FNO4S. The van der Waals surface area contributed by atoms with Crippen molar-refractivity contribution in [3.63, 3.8) is 0 Å². The number of hydrogen-bond acceptors (Lipinski definition) is 5. The predicted molar refractivity (Wildman–Crippen MR) is 89.6 cm³/mol. The van der Waals surface area contributed by atoms with Gasteiger partial charge in [0.25, 0.3) is 11.1 Å².